The maximum Gasteiger partial charge on any atom is 0.223 e. The zero-order valence-electron chi connectivity index (χ0n) is 24.3. The van der Waals surface area contributed by atoms with Crippen LogP contribution < -0.4 is 4.90 Å². The highest BCUT2D eigenvalue weighted by molar-refractivity contribution is 7.91. The van der Waals surface area contributed by atoms with Crippen molar-refractivity contribution in [1.29, 1.82) is 0 Å². The Morgan fingerprint density at radius 3 is 1.86 bits per heavy atom. The number of rotatable bonds is 4. The van der Waals surface area contributed by atoms with Gasteiger partial charge in [-0.1, -0.05) is 86.6 Å². The van der Waals surface area contributed by atoms with Gasteiger partial charge < -0.3 is 9.47 Å². The van der Waals surface area contributed by atoms with Gasteiger partial charge >= 0.3 is 0 Å². The predicted octanol–water partition coefficient (Wildman–Crippen LogP) is 9.12. The Hall–Kier alpha value is -5.20. The largest absolute Gasteiger partial charge is 0.309 e. The molecule has 44 heavy (non-hydrogen) atoms. The lowest BCUT2D eigenvalue weighted by Gasteiger charge is -2.42. The van der Waals surface area contributed by atoms with E-state index < -0.39 is 9.84 Å². The highest BCUT2D eigenvalue weighted by Crippen LogP contribution is 2.52. The van der Waals surface area contributed by atoms with Gasteiger partial charge in [0.2, 0.25) is 9.84 Å². The van der Waals surface area contributed by atoms with Crippen LogP contribution in [0.1, 0.15) is 25.0 Å². The van der Waals surface area contributed by atoms with Crippen LogP contribution in [0.25, 0.3) is 27.5 Å². The molecule has 0 unspecified atom stereocenters. The van der Waals surface area contributed by atoms with Crippen molar-refractivity contribution in [2.45, 2.75) is 29.2 Å². The lowest BCUT2D eigenvalue weighted by atomic mass is 9.73. The van der Waals surface area contributed by atoms with Crippen molar-refractivity contribution >= 4 is 48.7 Å². The fourth-order valence-electron chi connectivity index (χ4n) is 6.69. The molecule has 0 amide bonds. The Morgan fingerprint density at radius 2 is 1.18 bits per heavy atom. The van der Waals surface area contributed by atoms with Crippen LogP contribution in [0, 0.1) is 0 Å². The molecule has 0 N–H and O–H groups in total. The summed E-state index contributed by atoms with van der Waals surface area (Å²) in [6, 6.07) is 44.1. The second-order valence-electron chi connectivity index (χ2n) is 11.7. The molecule has 0 fully saturated rings. The molecule has 1 aliphatic rings. The summed E-state index contributed by atoms with van der Waals surface area (Å²) in [6.45, 7) is 4.54. The number of nitrogens with zero attached hydrogens (tertiary/aromatic N) is 3. The van der Waals surface area contributed by atoms with Gasteiger partial charge in [-0.05, 0) is 71.8 Å². The Balaban J connectivity index is 1.31. The first kappa shape index (κ1) is 26.4. The second kappa shape index (κ2) is 9.66. The summed E-state index contributed by atoms with van der Waals surface area (Å²) in [4.78, 5) is 6.90. The van der Waals surface area contributed by atoms with E-state index in [9.17, 15) is 8.42 Å². The molecule has 6 heteroatoms. The van der Waals surface area contributed by atoms with E-state index in [2.05, 4.69) is 113 Å². The van der Waals surface area contributed by atoms with Crippen LogP contribution in [0.3, 0.4) is 0 Å². The molecule has 5 nitrogen and oxygen atoms in total. The topological polar surface area (TPSA) is 55.2 Å². The molecule has 0 saturated carbocycles. The van der Waals surface area contributed by atoms with Crippen LogP contribution in [0.5, 0.6) is 0 Å². The molecule has 0 aliphatic carbocycles. The third kappa shape index (κ3) is 3.84. The number of anilines is 3. The summed E-state index contributed by atoms with van der Waals surface area (Å²) in [5.74, 6) is 0. The van der Waals surface area contributed by atoms with Crippen LogP contribution in [0.2, 0.25) is 0 Å². The van der Waals surface area contributed by atoms with Gasteiger partial charge in [-0.2, -0.15) is 0 Å². The number of benzene rings is 5. The SMILES string of the molecule is CC1(C)c2ccccc2N(c2ccc(S(=O)(=O)c3ccccc3)nc2)c2ccc(-n3c4ccccc4c4ccccc43)cc21. The maximum absolute atomic E-state index is 13.3. The van der Waals surface area contributed by atoms with E-state index in [0.29, 0.717) is 0 Å². The van der Waals surface area contributed by atoms with E-state index >= 15 is 0 Å². The standard InChI is InChI=1S/C38H29N3O2S/c1-38(2)31-16-8-11-19-35(31)41(27-21-23-37(39-25-27)44(42,43)28-12-4-3-5-13-28)36-22-20-26(24-32(36)38)40-33-17-9-6-14-29(33)30-15-7-10-18-34(30)40/h3-25H,1-2H3. The first-order valence-corrected chi connectivity index (χ1v) is 16.1. The zero-order chi connectivity index (χ0) is 30.1. The maximum atomic E-state index is 13.3. The number of fused-ring (bicyclic) bond motifs is 5. The number of para-hydroxylation sites is 3. The molecule has 5 aromatic carbocycles. The second-order valence-corrected chi connectivity index (χ2v) is 13.6. The molecule has 0 atom stereocenters. The van der Waals surface area contributed by atoms with Gasteiger partial charge in [-0.3, -0.25) is 0 Å². The normalized spacial score (nSPS) is 14.0. The smallest absolute Gasteiger partial charge is 0.223 e. The summed E-state index contributed by atoms with van der Waals surface area (Å²) in [5, 5.41) is 2.48. The van der Waals surface area contributed by atoms with E-state index in [1.54, 1.807) is 42.6 Å². The molecule has 1 aliphatic heterocycles. The van der Waals surface area contributed by atoms with Crippen molar-refractivity contribution in [2.75, 3.05) is 4.90 Å². The predicted molar refractivity (Wildman–Crippen MR) is 177 cm³/mol. The summed E-state index contributed by atoms with van der Waals surface area (Å²) in [5.41, 5.74) is 8.39. The molecule has 0 bridgehead atoms. The molecule has 0 spiro atoms. The van der Waals surface area contributed by atoms with Gasteiger partial charge in [0.1, 0.15) is 0 Å². The molecule has 7 aromatic rings. The highest BCUT2D eigenvalue weighted by Gasteiger charge is 2.37. The number of hydrogen-bond donors (Lipinski definition) is 0. The molecule has 214 valence electrons. The number of pyridine rings is 1. The van der Waals surface area contributed by atoms with Crippen molar-refractivity contribution < 1.29 is 8.42 Å². The van der Waals surface area contributed by atoms with Crippen LogP contribution >= 0.6 is 0 Å². The van der Waals surface area contributed by atoms with Gasteiger partial charge in [-0.25, -0.2) is 13.4 Å². The van der Waals surface area contributed by atoms with Gasteiger partial charge in [0, 0.05) is 21.9 Å². The fraction of sp³-hybridized carbons (Fsp3) is 0.0789. The van der Waals surface area contributed by atoms with Crippen molar-refractivity contribution in [3.8, 4) is 5.69 Å². The zero-order valence-corrected chi connectivity index (χ0v) is 25.2. The van der Waals surface area contributed by atoms with Crippen molar-refractivity contribution in [3.05, 3.63) is 151 Å². The first-order valence-electron chi connectivity index (χ1n) is 14.6. The molecule has 0 radical (unpaired) electrons. The van der Waals surface area contributed by atoms with E-state index in [-0.39, 0.29) is 15.3 Å². The van der Waals surface area contributed by atoms with Crippen molar-refractivity contribution in [3.63, 3.8) is 0 Å². The van der Waals surface area contributed by atoms with E-state index in [1.807, 2.05) is 12.1 Å². The van der Waals surface area contributed by atoms with Gasteiger partial charge in [0.25, 0.3) is 0 Å². The number of sulfone groups is 1. The third-order valence-corrected chi connectivity index (χ3v) is 10.5. The average Bonchev–Trinajstić information content (AvgIpc) is 3.40. The van der Waals surface area contributed by atoms with E-state index in [0.717, 1.165) is 22.7 Å². The summed E-state index contributed by atoms with van der Waals surface area (Å²) in [6.07, 6.45) is 1.66. The third-order valence-electron chi connectivity index (χ3n) is 8.86. The van der Waals surface area contributed by atoms with E-state index in [1.165, 1.54) is 32.9 Å². The molecule has 0 saturated heterocycles. The lowest BCUT2D eigenvalue weighted by Crippen LogP contribution is -2.30. The molecule has 8 rings (SSSR count). The average molecular weight is 592 g/mol. The van der Waals surface area contributed by atoms with Gasteiger partial charge in [0.05, 0.1) is 39.2 Å². The van der Waals surface area contributed by atoms with Crippen LogP contribution in [-0.2, 0) is 15.3 Å². The summed E-state index contributed by atoms with van der Waals surface area (Å²) >= 11 is 0. The van der Waals surface area contributed by atoms with Crippen molar-refractivity contribution in [1.82, 2.24) is 9.55 Å². The van der Waals surface area contributed by atoms with E-state index in [4.69, 9.17) is 0 Å². The number of aromatic nitrogens is 2. The summed E-state index contributed by atoms with van der Waals surface area (Å²) in [7, 11) is -3.73. The quantitative estimate of drug-likeness (QED) is 0.205. The molecule has 2 aromatic heterocycles. The monoisotopic (exact) mass is 591 g/mol. The number of hydrogen-bond acceptors (Lipinski definition) is 4. The first-order chi connectivity index (χ1) is 21.4. The van der Waals surface area contributed by atoms with Crippen molar-refractivity contribution in [2.24, 2.45) is 0 Å². The summed E-state index contributed by atoms with van der Waals surface area (Å²) < 4.78 is 28.9. The minimum Gasteiger partial charge on any atom is -0.309 e. The van der Waals surface area contributed by atoms with Gasteiger partial charge in [-0.15, -0.1) is 0 Å². The molecule has 3 heterocycles. The fourth-order valence-corrected chi connectivity index (χ4v) is 7.89. The minimum absolute atomic E-state index is 0.0278. The Kier molecular flexibility index (Phi) is 5.80. The highest BCUT2D eigenvalue weighted by atomic mass is 32.2. The Morgan fingerprint density at radius 1 is 0.591 bits per heavy atom. The van der Waals surface area contributed by atoms with Crippen LogP contribution in [0.15, 0.2) is 150 Å². The van der Waals surface area contributed by atoms with Crippen LogP contribution in [0.4, 0.5) is 17.1 Å². The molecular formula is C38H29N3O2S. The van der Waals surface area contributed by atoms with Crippen LogP contribution in [-0.4, -0.2) is 18.0 Å². The lowest BCUT2D eigenvalue weighted by molar-refractivity contribution is 0.592. The Bertz CT molecular complexity index is 2270. The molecular weight excluding hydrogens is 563 g/mol. The van der Waals surface area contributed by atoms with Gasteiger partial charge in [0.15, 0.2) is 5.03 Å². The minimum atomic E-state index is -3.73. The Labute approximate surface area is 256 Å².